The molecule has 2 unspecified atom stereocenters. The molecule has 3 N–H and O–H groups in total. The zero-order valence-electron chi connectivity index (χ0n) is 7.76. The third kappa shape index (κ3) is 0.894. The lowest BCUT2D eigenvalue weighted by atomic mass is 10.1. The van der Waals surface area contributed by atoms with E-state index in [1.165, 1.54) is 0 Å². The van der Waals surface area contributed by atoms with E-state index in [-0.39, 0.29) is 11.5 Å². The molecule has 1 aliphatic rings. The minimum absolute atomic E-state index is 0.238. The van der Waals surface area contributed by atoms with E-state index in [2.05, 4.69) is 30.1 Å². The Hall–Kier alpha value is -0.830. The second kappa shape index (κ2) is 2.10. The number of nitrogens with two attached hydrogens (primary N) is 1. The van der Waals surface area contributed by atoms with Crippen LogP contribution in [-0.4, -0.2) is 16.2 Å². The Labute approximate surface area is 72.4 Å². The SMILES string of the molecule is Cc1cc(C2C(N)C2(C)C)n[nH]1. The summed E-state index contributed by atoms with van der Waals surface area (Å²) >= 11 is 0. The fraction of sp³-hybridized carbons (Fsp3) is 0.667. The number of rotatable bonds is 1. The van der Waals surface area contributed by atoms with Gasteiger partial charge in [-0.25, -0.2) is 0 Å². The Kier molecular flexibility index (Phi) is 1.37. The number of aromatic amines is 1. The van der Waals surface area contributed by atoms with Crippen molar-refractivity contribution >= 4 is 0 Å². The molecule has 0 radical (unpaired) electrons. The highest BCUT2D eigenvalue weighted by Gasteiger charge is 2.57. The summed E-state index contributed by atoms with van der Waals surface area (Å²) in [6, 6.07) is 2.36. The Morgan fingerprint density at radius 2 is 2.17 bits per heavy atom. The monoisotopic (exact) mass is 165 g/mol. The van der Waals surface area contributed by atoms with Gasteiger partial charge < -0.3 is 5.73 Å². The van der Waals surface area contributed by atoms with Crippen LogP contribution in [0.1, 0.15) is 31.2 Å². The summed E-state index contributed by atoms with van der Waals surface area (Å²) in [5.41, 5.74) is 8.40. The summed E-state index contributed by atoms with van der Waals surface area (Å²) in [6.07, 6.45) is 0. The van der Waals surface area contributed by atoms with Crippen LogP contribution < -0.4 is 5.73 Å². The molecule has 0 spiro atoms. The molecule has 2 atom stereocenters. The van der Waals surface area contributed by atoms with Crippen LogP contribution in [0.4, 0.5) is 0 Å². The summed E-state index contributed by atoms with van der Waals surface area (Å²) in [4.78, 5) is 0. The number of H-pyrrole nitrogens is 1. The van der Waals surface area contributed by atoms with Gasteiger partial charge in [-0.1, -0.05) is 13.8 Å². The van der Waals surface area contributed by atoms with Crippen molar-refractivity contribution in [3.05, 3.63) is 17.5 Å². The van der Waals surface area contributed by atoms with Gasteiger partial charge in [0.25, 0.3) is 0 Å². The summed E-state index contributed by atoms with van der Waals surface area (Å²) in [7, 11) is 0. The molecule has 0 saturated heterocycles. The van der Waals surface area contributed by atoms with E-state index in [4.69, 9.17) is 5.73 Å². The highest BCUT2D eigenvalue weighted by Crippen LogP contribution is 2.56. The van der Waals surface area contributed by atoms with E-state index in [1.807, 2.05) is 6.92 Å². The van der Waals surface area contributed by atoms with Crippen molar-refractivity contribution in [3.63, 3.8) is 0 Å². The van der Waals surface area contributed by atoms with Crippen molar-refractivity contribution in [2.45, 2.75) is 32.7 Å². The molecule has 1 saturated carbocycles. The molecule has 12 heavy (non-hydrogen) atoms. The number of nitrogens with one attached hydrogen (secondary N) is 1. The quantitative estimate of drug-likeness (QED) is 0.656. The minimum atomic E-state index is 0.238. The van der Waals surface area contributed by atoms with E-state index in [1.54, 1.807) is 0 Å². The Morgan fingerprint density at radius 1 is 1.58 bits per heavy atom. The first-order valence-corrected chi connectivity index (χ1v) is 4.31. The molecule has 2 rings (SSSR count). The lowest BCUT2D eigenvalue weighted by Gasteiger charge is -1.96. The fourth-order valence-electron chi connectivity index (χ4n) is 1.84. The highest BCUT2D eigenvalue weighted by atomic mass is 15.1. The summed E-state index contributed by atoms with van der Waals surface area (Å²) in [5, 5.41) is 7.16. The standard InChI is InChI=1S/C9H15N3/c1-5-4-6(12-11-5)7-8(10)9(7,2)3/h4,7-8H,10H2,1-3H3,(H,11,12). The first-order chi connectivity index (χ1) is 5.53. The second-order valence-corrected chi connectivity index (χ2v) is 4.30. The largest absolute Gasteiger partial charge is 0.327 e. The van der Waals surface area contributed by atoms with Crippen LogP contribution in [0.15, 0.2) is 6.07 Å². The van der Waals surface area contributed by atoms with E-state index >= 15 is 0 Å². The summed E-state index contributed by atoms with van der Waals surface area (Å²) < 4.78 is 0. The minimum Gasteiger partial charge on any atom is -0.327 e. The summed E-state index contributed by atoms with van der Waals surface area (Å²) in [6.45, 7) is 6.39. The van der Waals surface area contributed by atoms with Gasteiger partial charge >= 0.3 is 0 Å². The van der Waals surface area contributed by atoms with Gasteiger partial charge in [-0.2, -0.15) is 5.10 Å². The number of aryl methyl sites for hydroxylation is 1. The Balaban J connectivity index is 2.24. The molecule has 1 aromatic heterocycles. The fourth-order valence-corrected chi connectivity index (χ4v) is 1.84. The lowest BCUT2D eigenvalue weighted by Crippen LogP contribution is -2.06. The smallest absolute Gasteiger partial charge is 0.0677 e. The first kappa shape index (κ1) is 7.80. The van der Waals surface area contributed by atoms with Crippen molar-refractivity contribution in [3.8, 4) is 0 Å². The van der Waals surface area contributed by atoms with E-state index in [9.17, 15) is 0 Å². The molecule has 66 valence electrons. The van der Waals surface area contributed by atoms with E-state index in [0.29, 0.717) is 5.92 Å². The Bertz CT molecular complexity index is 300. The van der Waals surface area contributed by atoms with Crippen LogP contribution in [0.3, 0.4) is 0 Å². The van der Waals surface area contributed by atoms with Gasteiger partial charge in [0, 0.05) is 17.7 Å². The number of nitrogens with zero attached hydrogens (tertiary/aromatic N) is 1. The molecule has 0 bridgehead atoms. The summed E-state index contributed by atoms with van der Waals surface area (Å²) in [5.74, 6) is 0.447. The second-order valence-electron chi connectivity index (χ2n) is 4.30. The van der Waals surface area contributed by atoms with Gasteiger partial charge in [-0.3, -0.25) is 5.10 Å². The zero-order valence-corrected chi connectivity index (χ0v) is 7.76. The van der Waals surface area contributed by atoms with Gasteiger partial charge in [-0.05, 0) is 18.4 Å². The maximum absolute atomic E-state index is 5.93. The molecule has 3 heteroatoms. The van der Waals surface area contributed by atoms with Crippen LogP contribution in [0.25, 0.3) is 0 Å². The maximum atomic E-state index is 5.93. The van der Waals surface area contributed by atoms with Gasteiger partial charge in [0.1, 0.15) is 0 Å². The number of hydrogen-bond acceptors (Lipinski definition) is 2. The van der Waals surface area contributed by atoms with Gasteiger partial charge in [0.15, 0.2) is 0 Å². The average Bonchev–Trinajstić information content (AvgIpc) is 2.38. The molecule has 3 nitrogen and oxygen atoms in total. The van der Waals surface area contributed by atoms with Gasteiger partial charge in [0.05, 0.1) is 5.69 Å². The van der Waals surface area contributed by atoms with Crippen LogP contribution in [-0.2, 0) is 0 Å². The maximum Gasteiger partial charge on any atom is 0.0677 e. The average molecular weight is 165 g/mol. The predicted octanol–water partition coefficient (Wildman–Crippen LogP) is 1.17. The van der Waals surface area contributed by atoms with E-state index < -0.39 is 0 Å². The van der Waals surface area contributed by atoms with Crippen molar-refractivity contribution in [2.24, 2.45) is 11.1 Å². The van der Waals surface area contributed by atoms with Gasteiger partial charge in [0.2, 0.25) is 0 Å². The van der Waals surface area contributed by atoms with Crippen molar-refractivity contribution < 1.29 is 0 Å². The normalized spacial score (nSPS) is 32.0. The molecule has 1 heterocycles. The van der Waals surface area contributed by atoms with Gasteiger partial charge in [-0.15, -0.1) is 0 Å². The van der Waals surface area contributed by atoms with Crippen LogP contribution in [0.5, 0.6) is 0 Å². The van der Waals surface area contributed by atoms with Crippen molar-refractivity contribution in [1.82, 2.24) is 10.2 Å². The first-order valence-electron chi connectivity index (χ1n) is 4.31. The lowest BCUT2D eigenvalue weighted by molar-refractivity contribution is 0.595. The number of hydrogen-bond donors (Lipinski definition) is 2. The van der Waals surface area contributed by atoms with Crippen LogP contribution in [0, 0.1) is 12.3 Å². The third-order valence-electron chi connectivity index (χ3n) is 2.96. The molecule has 1 fully saturated rings. The van der Waals surface area contributed by atoms with Crippen molar-refractivity contribution in [1.29, 1.82) is 0 Å². The van der Waals surface area contributed by atoms with Crippen LogP contribution >= 0.6 is 0 Å². The van der Waals surface area contributed by atoms with Crippen molar-refractivity contribution in [2.75, 3.05) is 0 Å². The molecule has 1 aliphatic carbocycles. The molecule has 0 aliphatic heterocycles. The number of aromatic nitrogens is 2. The predicted molar refractivity (Wildman–Crippen MR) is 47.8 cm³/mol. The van der Waals surface area contributed by atoms with E-state index in [0.717, 1.165) is 11.4 Å². The van der Waals surface area contributed by atoms with Crippen LogP contribution in [0.2, 0.25) is 0 Å². The molecular weight excluding hydrogens is 150 g/mol. The zero-order chi connectivity index (χ0) is 8.93. The topological polar surface area (TPSA) is 54.7 Å². The molecule has 0 amide bonds. The third-order valence-corrected chi connectivity index (χ3v) is 2.96. The molecular formula is C9H15N3. The Morgan fingerprint density at radius 3 is 2.50 bits per heavy atom. The molecule has 0 aromatic carbocycles. The molecule has 1 aromatic rings. The highest BCUT2D eigenvalue weighted by molar-refractivity contribution is 5.29.